The number of nitrogens with zero attached hydrogens (tertiary/aromatic N) is 2. The fraction of sp³-hybridized carbons (Fsp3) is 0.357. The van der Waals surface area contributed by atoms with Crippen LogP contribution in [-0.2, 0) is 13.2 Å². The SMILES string of the molecule is CCn1cncc1COc1ccc([C@@H](C)N)cc1Cl. The van der Waals surface area contributed by atoms with Crippen molar-refractivity contribution in [3.05, 3.63) is 47.0 Å². The Kier molecular flexibility index (Phi) is 4.45. The minimum absolute atomic E-state index is 0.0342. The second-order valence-electron chi connectivity index (χ2n) is 4.44. The molecule has 0 saturated carbocycles. The summed E-state index contributed by atoms with van der Waals surface area (Å²) in [5, 5.41) is 0.581. The van der Waals surface area contributed by atoms with Crippen LogP contribution >= 0.6 is 11.6 Å². The molecular weight excluding hydrogens is 262 g/mol. The highest BCUT2D eigenvalue weighted by atomic mass is 35.5. The molecule has 0 unspecified atom stereocenters. The van der Waals surface area contributed by atoms with E-state index in [1.165, 1.54) is 0 Å². The molecule has 0 spiro atoms. The van der Waals surface area contributed by atoms with Crippen molar-refractivity contribution in [1.29, 1.82) is 0 Å². The number of hydrogen-bond acceptors (Lipinski definition) is 3. The van der Waals surface area contributed by atoms with Crippen LogP contribution in [-0.4, -0.2) is 9.55 Å². The Morgan fingerprint density at radius 1 is 1.47 bits per heavy atom. The van der Waals surface area contributed by atoms with Gasteiger partial charge in [-0.05, 0) is 31.5 Å². The van der Waals surface area contributed by atoms with Crippen LogP contribution in [0.15, 0.2) is 30.7 Å². The standard InChI is InChI=1S/C14H18ClN3O/c1-3-18-9-17-7-12(18)8-19-14-5-4-11(10(2)16)6-13(14)15/h4-7,9-10H,3,8,16H2,1-2H3/t10-/m1/s1. The summed E-state index contributed by atoms with van der Waals surface area (Å²) in [4.78, 5) is 4.10. The fourth-order valence-corrected chi connectivity index (χ4v) is 2.07. The van der Waals surface area contributed by atoms with E-state index in [0.717, 1.165) is 17.8 Å². The molecule has 4 nitrogen and oxygen atoms in total. The van der Waals surface area contributed by atoms with Crippen LogP contribution in [0.4, 0.5) is 0 Å². The maximum Gasteiger partial charge on any atom is 0.138 e. The van der Waals surface area contributed by atoms with Gasteiger partial charge in [-0.15, -0.1) is 0 Å². The van der Waals surface area contributed by atoms with Crippen LogP contribution in [0.5, 0.6) is 5.75 Å². The maximum absolute atomic E-state index is 6.18. The molecule has 1 heterocycles. The summed E-state index contributed by atoms with van der Waals surface area (Å²) in [6.07, 6.45) is 3.59. The van der Waals surface area contributed by atoms with Gasteiger partial charge in [-0.25, -0.2) is 4.98 Å². The van der Waals surface area contributed by atoms with Gasteiger partial charge in [-0.1, -0.05) is 17.7 Å². The van der Waals surface area contributed by atoms with Gasteiger partial charge in [-0.3, -0.25) is 0 Å². The predicted octanol–water partition coefficient (Wildman–Crippen LogP) is 3.16. The lowest BCUT2D eigenvalue weighted by atomic mass is 10.1. The molecule has 0 fully saturated rings. The van der Waals surface area contributed by atoms with Gasteiger partial charge in [0.1, 0.15) is 12.4 Å². The zero-order valence-electron chi connectivity index (χ0n) is 11.1. The van der Waals surface area contributed by atoms with Crippen molar-refractivity contribution < 1.29 is 4.74 Å². The number of rotatable bonds is 5. The molecule has 0 aliphatic rings. The average Bonchev–Trinajstić information content (AvgIpc) is 2.84. The second-order valence-corrected chi connectivity index (χ2v) is 4.85. The molecule has 102 valence electrons. The fourth-order valence-electron chi connectivity index (χ4n) is 1.82. The predicted molar refractivity (Wildman–Crippen MR) is 76.3 cm³/mol. The summed E-state index contributed by atoms with van der Waals surface area (Å²) < 4.78 is 7.76. The van der Waals surface area contributed by atoms with E-state index < -0.39 is 0 Å². The Balaban J connectivity index is 2.08. The third-order valence-corrected chi connectivity index (χ3v) is 3.29. The van der Waals surface area contributed by atoms with E-state index in [2.05, 4.69) is 11.9 Å². The minimum atomic E-state index is -0.0342. The normalized spacial score (nSPS) is 12.4. The van der Waals surface area contributed by atoms with Gasteiger partial charge in [0.2, 0.25) is 0 Å². The second kappa shape index (κ2) is 6.08. The van der Waals surface area contributed by atoms with Crippen LogP contribution in [0.2, 0.25) is 5.02 Å². The Hall–Kier alpha value is -1.52. The number of nitrogens with two attached hydrogens (primary N) is 1. The zero-order valence-corrected chi connectivity index (χ0v) is 11.9. The van der Waals surface area contributed by atoms with Crippen LogP contribution in [0.1, 0.15) is 31.1 Å². The lowest BCUT2D eigenvalue weighted by molar-refractivity contribution is 0.295. The molecule has 5 heteroatoms. The van der Waals surface area contributed by atoms with E-state index in [4.69, 9.17) is 22.1 Å². The van der Waals surface area contributed by atoms with Gasteiger partial charge in [-0.2, -0.15) is 0 Å². The Morgan fingerprint density at radius 3 is 2.89 bits per heavy atom. The van der Waals surface area contributed by atoms with Crippen LogP contribution in [0.3, 0.4) is 0 Å². The minimum Gasteiger partial charge on any atom is -0.486 e. The maximum atomic E-state index is 6.18. The summed E-state index contributed by atoms with van der Waals surface area (Å²) in [6.45, 7) is 5.31. The van der Waals surface area contributed by atoms with Crippen LogP contribution in [0, 0.1) is 0 Å². The molecular formula is C14H18ClN3O. The summed E-state index contributed by atoms with van der Waals surface area (Å²) >= 11 is 6.18. The molecule has 2 N–H and O–H groups in total. The first kappa shape index (κ1) is 13.9. The molecule has 0 bridgehead atoms. The molecule has 0 saturated heterocycles. The quantitative estimate of drug-likeness (QED) is 0.915. The van der Waals surface area contributed by atoms with E-state index in [1.807, 2.05) is 29.7 Å². The molecule has 19 heavy (non-hydrogen) atoms. The van der Waals surface area contributed by atoms with E-state index in [1.54, 1.807) is 12.5 Å². The third-order valence-electron chi connectivity index (χ3n) is 3.00. The smallest absolute Gasteiger partial charge is 0.138 e. The monoisotopic (exact) mass is 279 g/mol. The zero-order chi connectivity index (χ0) is 13.8. The number of aromatic nitrogens is 2. The Bertz CT molecular complexity index is 551. The number of hydrogen-bond donors (Lipinski definition) is 1. The first-order valence-electron chi connectivity index (χ1n) is 6.28. The van der Waals surface area contributed by atoms with Gasteiger partial charge in [0.05, 0.1) is 23.2 Å². The first-order chi connectivity index (χ1) is 9.11. The molecule has 2 rings (SSSR count). The largest absolute Gasteiger partial charge is 0.486 e. The van der Waals surface area contributed by atoms with Crippen molar-refractivity contribution in [3.63, 3.8) is 0 Å². The van der Waals surface area contributed by atoms with E-state index >= 15 is 0 Å². The van der Waals surface area contributed by atoms with E-state index in [-0.39, 0.29) is 6.04 Å². The van der Waals surface area contributed by atoms with E-state index in [0.29, 0.717) is 17.4 Å². The number of imidazole rings is 1. The summed E-state index contributed by atoms with van der Waals surface area (Å²) in [6, 6.07) is 5.60. The molecule has 2 aromatic rings. The van der Waals surface area contributed by atoms with Crippen molar-refractivity contribution >= 4 is 11.6 Å². The number of halogens is 1. The van der Waals surface area contributed by atoms with Crippen molar-refractivity contribution in [2.24, 2.45) is 5.73 Å². The van der Waals surface area contributed by atoms with Gasteiger partial charge >= 0.3 is 0 Å². The van der Waals surface area contributed by atoms with Gasteiger partial charge in [0.25, 0.3) is 0 Å². The molecule has 0 amide bonds. The number of aryl methyl sites for hydroxylation is 1. The van der Waals surface area contributed by atoms with Gasteiger partial charge in [0.15, 0.2) is 0 Å². The number of ether oxygens (including phenoxy) is 1. The molecule has 1 atom stereocenters. The van der Waals surface area contributed by atoms with Crippen LogP contribution < -0.4 is 10.5 Å². The molecule has 0 radical (unpaired) electrons. The van der Waals surface area contributed by atoms with Gasteiger partial charge < -0.3 is 15.0 Å². The highest BCUT2D eigenvalue weighted by molar-refractivity contribution is 6.32. The molecule has 1 aromatic heterocycles. The molecule has 0 aliphatic heterocycles. The third kappa shape index (κ3) is 3.28. The van der Waals surface area contributed by atoms with Crippen molar-refractivity contribution in [3.8, 4) is 5.75 Å². The highest BCUT2D eigenvalue weighted by Crippen LogP contribution is 2.28. The summed E-state index contributed by atoms with van der Waals surface area (Å²) in [7, 11) is 0. The van der Waals surface area contributed by atoms with Crippen molar-refractivity contribution in [1.82, 2.24) is 9.55 Å². The van der Waals surface area contributed by atoms with Gasteiger partial charge in [0, 0.05) is 12.6 Å². The average molecular weight is 280 g/mol. The summed E-state index contributed by atoms with van der Waals surface area (Å²) in [5.74, 6) is 0.662. The summed E-state index contributed by atoms with van der Waals surface area (Å²) in [5.41, 5.74) is 7.83. The molecule has 0 aliphatic carbocycles. The topological polar surface area (TPSA) is 53.1 Å². The molecule has 1 aromatic carbocycles. The van der Waals surface area contributed by atoms with Crippen molar-refractivity contribution in [2.75, 3.05) is 0 Å². The van der Waals surface area contributed by atoms with Crippen LogP contribution in [0.25, 0.3) is 0 Å². The lowest BCUT2D eigenvalue weighted by Gasteiger charge is -2.12. The lowest BCUT2D eigenvalue weighted by Crippen LogP contribution is -2.06. The highest BCUT2D eigenvalue weighted by Gasteiger charge is 2.07. The Labute approximate surface area is 118 Å². The van der Waals surface area contributed by atoms with E-state index in [9.17, 15) is 0 Å². The first-order valence-corrected chi connectivity index (χ1v) is 6.66. The van der Waals surface area contributed by atoms with Crippen molar-refractivity contribution in [2.45, 2.75) is 33.0 Å². The Morgan fingerprint density at radius 2 is 2.26 bits per heavy atom. The number of benzene rings is 1.